The summed E-state index contributed by atoms with van der Waals surface area (Å²) in [5.41, 5.74) is 4.11. The van der Waals surface area contributed by atoms with E-state index in [-0.39, 0.29) is 17.5 Å². The van der Waals surface area contributed by atoms with Crippen LogP contribution in [-0.2, 0) is 11.8 Å². The van der Waals surface area contributed by atoms with E-state index in [9.17, 15) is 4.79 Å². The van der Waals surface area contributed by atoms with E-state index in [1.807, 2.05) is 24.1 Å². The lowest BCUT2D eigenvalue weighted by Gasteiger charge is -2.24. The molecule has 0 unspecified atom stereocenters. The summed E-state index contributed by atoms with van der Waals surface area (Å²) >= 11 is 0. The monoisotopic (exact) mass is 347 g/mol. The van der Waals surface area contributed by atoms with Gasteiger partial charge in [-0.15, -0.1) is 0 Å². The Hall–Kier alpha value is -2.80. The fourth-order valence-corrected chi connectivity index (χ4v) is 3.40. The highest BCUT2D eigenvalue weighted by Gasteiger charge is 2.36. The topological polar surface area (TPSA) is 47.3 Å². The maximum Gasteiger partial charge on any atom is 0.324 e. The molecule has 4 heteroatoms. The van der Waals surface area contributed by atoms with Crippen LogP contribution in [0, 0.1) is 11.3 Å². The number of urea groups is 1. The molecular formula is C22H25N3O. The Morgan fingerprint density at radius 2 is 1.69 bits per heavy atom. The molecule has 1 aliphatic heterocycles. The summed E-state index contributed by atoms with van der Waals surface area (Å²) in [4.78, 5) is 16.2. The number of carbonyl (C=O) groups is 1. The van der Waals surface area contributed by atoms with Gasteiger partial charge in [0.2, 0.25) is 0 Å². The first-order chi connectivity index (χ1) is 12.3. The number of rotatable bonds is 3. The van der Waals surface area contributed by atoms with E-state index in [2.05, 4.69) is 51.1 Å². The number of likely N-dealkylation sites (N-methyl/N-ethyl adjacent to an activating group) is 1. The SMILES string of the molecule is CN1C[C@H](Cc2ccc(C(C)(C)C)cc2)N(c2ccc(C#N)cc2)C1=O. The molecule has 0 bridgehead atoms. The number of nitriles is 1. The van der Waals surface area contributed by atoms with Gasteiger partial charge in [0.15, 0.2) is 0 Å². The molecule has 0 aliphatic carbocycles. The number of nitrogens with zero attached hydrogens (tertiary/aromatic N) is 3. The van der Waals surface area contributed by atoms with E-state index in [4.69, 9.17) is 5.26 Å². The van der Waals surface area contributed by atoms with Crippen LogP contribution in [0.5, 0.6) is 0 Å². The van der Waals surface area contributed by atoms with Crippen molar-refractivity contribution in [3.8, 4) is 6.07 Å². The number of carbonyl (C=O) groups excluding carboxylic acids is 1. The zero-order chi connectivity index (χ0) is 18.9. The van der Waals surface area contributed by atoms with E-state index in [0.29, 0.717) is 12.1 Å². The second-order valence-electron chi connectivity index (χ2n) is 8.00. The van der Waals surface area contributed by atoms with Crippen molar-refractivity contribution in [2.24, 2.45) is 0 Å². The standard InChI is InChI=1S/C22H25N3O/c1-22(2,3)18-9-5-16(6-10-18)13-20-15-24(4)21(26)25(20)19-11-7-17(14-23)8-12-19/h5-12,20H,13,15H2,1-4H3/t20-/m0/s1. The number of benzene rings is 2. The van der Waals surface area contributed by atoms with Crippen molar-refractivity contribution in [2.45, 2.75) is 38.6 Å². The highest BCUT2D eigenvalue weighted by Crippen LogP contribution is 2.28. The molecule has 4 nitrogen and oxygen atoms in total. The molecule has 1 fully saturated rings. The van der Waals surface area contributed by atoms with E-state index in [1.165, 1.54) is 11.1 Å². The van der Waals surface area contributed by atoms with E-state index < -0.39 is 0 Å². The molecule has 1 atom stereocenters. The largest absolute Gasteiger partial charge is 0.325 e. The Labute approximate surface area is 155 Å². The van der Waals surface area contributed by atoms with Gasteiger partial charge in [-0.05, 0) is 47.2 Å². The maximum absolute atomic E-state index is 12.6. The van der Waals surface area contributed by atoms with Crippen molar-refractivity contribution in [3.63, 3.8) is 0 Å². The van der Waals surface area contributed by atoms with Crippen molar-refractivity contribution < 1.29 is 4.79 Å². The number of anilines is 1. The fourth-order valence-electron chi connectivity index (χ4n) is 3.40. The summed E-state index contributed by atoms with van der Waals surface area (Å²) < 4.78 is 0. The summed E-state index contributed by atoms with van der Waals surface area (Å²) in [5, 5.41) is 8.98. The molecule has 1 heterocycles. The average molecular weight is 347 g/mol. The van der Waals surface area contributed by atoms with E-state index >= 15 is 0 Å². The minimum atomic E-state index is 0.00557. The molecular weight excluding hydrogens is 322 g/mol. The number of hydrogen-bond acceptors (Lipinski definition) is 2. The average Bonchev–Trinajstić information content (AvgIpc) is 2.88. The molecule has 134 valence electrons. The van der Waals surface area contributed by atoms with Crippen LogP contribution in [0.4, 0.5) is 10.5 Å². The third-order valence-electron chi connectivity index (χ3n) is 4.95. The molecule has 1 aliphatic rings. The third kappa shape index (κ3) is 3.57. The van der Waals surface area contributed by atoms with Crippen LogP contribution in [0.3, 0.4) is 0 Å². The van der Waals surface area contributed by atoms with Gasteiger partial charge in [-0.2, -0.15) is 5.26 Å². The number of hydrogen-bond donors (Lipinski definition) is 0. The van der Waals surface area contributed by atoms with Gasteiger partial charge in [-0.1, -0.05) is 45.0 Å². The van der Waals surface area contributed by atoms with Crippen LogP contribution >= 0.6 is 0 Å². The van der Waals surface area contributed by atoms with E-state index in [0.717, 1.165) is 12.1 Å². The Bertz CT molecular complexity index is 826. The molecule has 0 N–H and O–H groups in total. The lowest BCUT2D eigenvalue weighted by molar-refractivity contribution is 0.229. The molecule has 1 saturated heterocycles. The quantitative estimate of drug-likeness (QED) is 0.829. The lowest BCUT2D eigenvalue weighted by Crippen LogP contribution is -2.35. The van der Waals surface area contributed by atoms with E-state index in [1.54, 1.807) is 17.0 Å². The van der Waals surface area contributed by atoms with Gasteiger partial charge in [0.05, 0.1) is 17.7 Å². The molecule has 0 saturated carbocycles. The predicted molar refractivity (Wildman–Crippen MR) is 104 cm³/mol. The van der Waals surface area contributed by atoms with Crippen LogP contribution in [0.1, 0.15) is 37.5 Å². The molecule has 2 aromatic carbocycles. The zero-order valence-corrected chi connectivity index (χ0v) is 15.9. The zero-order valence-electron chi connectivity index (χ0n) is 15.9. The van der Waals surface area contributed by atoms with Gasteiger partial charge in [-0.25, -0.2) is 4.79 Å². The summed E-state index contributed by atoms with van der Waals surface area (Å²) in [6, 6.07) is 18.1. The third-order valence-corrected chi connectivity index (χ3v) is 4.95. The van der Waals surface area contributed by atoms with Crippen molar-refractivity contribution in [3.05, 3.63) is 65.2 Å². The van der Waals surface area contributed by atoms with Gasteiger partial charge in [0, 0.05) is 19.3 Å². The molecule has 0 radical (unpaired) electrons. The fraction of sp³-hybridized carbons (Fsp3) is 0.364. The Balaban J connectivity index is 1.83. The van der Waals surface area contributed by atoms with Gasteiger partial charge in [0.25, 0.3) is 0 Å². The summed E-state index contributed by atoms with van der Waals surface area (Å²) in [6.45, 7) is 7.32. The van der Waals surface area contributed by atoms with Gasteiger partial charge in [0.1, 0.15) is 0 Å². The predicted octanol–water partition coefficient (Wildman–Crippen LogP) is 4.34. The second-order valence-corrected chi connectivity index (χ2v) is 8.00. The highest BCUT2D eigenvalue weighted by atomic mass is 16.2. The maximum atomic E-state index is 12.6. The molecule has 0 aromatic heterocycles. The summed E-state index contributed by atoms with van der Waals surface area (Å²) in [5.74, 6) is 0. The molecule has 3 rings (SSSR count). The minimum absolute atomic E-state index is 0.00557. The number of amides is 2. The van der Waals surface area contributed by atoms with Crippen LogP contribution < -0.4 is 4.90 Å². The Morgan fingerprint density at radius 1 is 1.08 bits per heavy atom. The van der Waals surface area contributed by atoms with Gasteiger partial charge >= 0.3 is 6.03 Å². The molecule has 0 spiro atoms. The Kier molecular flexibility index (Phi) is 4.73. The van der Waals surface area contributed by atoms with Gasteiger partial charge < -0.3 is 4.90 Å². The smallest absolute Gasteiger partial charge is 0.324 e. The molecule has 26 heavy (non-hydrogen) atoms. The molecule has 2 amide bonds. The summed E-state index contributed by atoms with van der Waals surface area (Å²) in [7, 11) is 1.84. The van der Waals surface area contributed by atoms with Crippen LogP contribution in [0.15, 0.2) is 48.5 Å². The van der Waals surface area contributed by atoms with Gasteiger partial charge in [-0.3, -0.25) is 4.90 Å². The molecule has 2 aromatic rings. The Morgan fingerprint density at radius 3 is 2.23 bits per heavy atom. The van der Waals surface area contributed by atoms with Crippen LogP contribution in [-0.4, -0.2) is 30.6 Å². The van der Waals surface area contributed by atoms with Crippen LogP contribution in [0.2, 0.25) is 0 Å². The van der Waals surface area contributed by atoms with Crippen LogP contribution in [0.25, 0.3) is 0 Å². The van der Waals surface area contributed by atoms with Crippen molar-refractivity contribution >= 4 is 11.7 Å². The minimum Gasteiger partial charge on any atom is -0.325 e. The summed E-state index contributed by atoms with van der Waals surface area (Å²) in [6.07, 6.45) is 0.806. The van der Waals surface area contributed by atoms with Crippen molar-refractivity contribution in [1.29, 1.82) is 5.26 Å². The highest BCUT2D eigenvalue weighted by molar-refractivity contribution is 5.95. The first-order valence-electron chi connectivity index (χ1n) is 8.93. The van der Waals surface area contributed by atoms with Crippen molar-refractivity contribution in [1.82, 2.24) is 4.90 Å². The second kappa shape index (κ2) is 6.84. The van der Waals surface area contributed by atoms with Crippen molar-refractivity contribution in [2.75, 3.05) is 18.5 Å². The lowest BCUT2D eigenvalue weighted by atomic mass is 9.86. The normalized spacial score (nSPS) is 17.5. The first-order valence-corrected chi connectivity index (χ1v) is 8.93. The first kappa shape index (κ1) is 18.0.